The SMILES string of the molecule is CC(C)Cc1cc(C(C)c2ccccc2)cc(C(C)c2ccccc2)c1O. The molecule has 0 saturated carbocycles. The van der Waals surface area contributed by atoms with Gasteiger partial charge in [0.25, 0.3) is 0 Å². The van der Waals surface area contributed by atoms with Gasteiger partial charge in [0.1, 0.15) is 5.75 Å². The van der Waals surface area contributed by atoms with E-state index in [1.165, 1.54) is 16.7 Å². The van der Waals surface area contributed by atoms with Crippen molar-refractivity contribution in [2.75, 3.05) is 0 Å². The van der Waals surface area contributed by atoms with Gasteiger partial charge in [0.05, 0.1) is 0 Å². The number of aromatic hydroxyl groups is 1. The summed E-state index contributed by atoms with van der Waals surface area (Å²) in [6.45, 7) is 8.83. The number of hydrogen-bond acceptors (Lipinski definition) is 1. The van der Waals surface area contributed by atoms with Crippen LogP contribution in [0.15, 0.2) is 72.8 Å². The Morgan fingerprint density at radius 1 is 0.667 bits per heavy atom. The number of phenolic OH excluding ortho intramolecular Hbond substituents is 1. The molecule has 0 aromatic heterocycles. The summed E-state index contributed by atoms with van der Waals surface area (Å²) in [5.41, 5.74) is 5.89. The molecule has 1 nitrogen and oxygen atoms in total. The summed E-state index contributed by atoms with van der Waals surface area (Å²) in [7, 11) is 0. The van der Waals surface area contributed by atoms with Crippen LogP contribution in [0.2, 0.25) is 0 Å². The Morgan fingerprint density at radius 2 is 1.19 bits per heavy atom. The first-order valence-electron chi connectivity index (χ1n) is 9.93. The number of benzene rings is 3. The molecule has 1 N–H and O–H groups in total. The summed E-state index contributed by atoms with van der Waals surface area (Å²) in [5.74, 6) is 1.40. The molecule has 2 unspecified atom stereocenters. The Bertz CT molecular complexity index is 865. The minimum absolute atomic E-state index is 0.153. The van der Waals surface area contributed by atoms with E-state index in [2.05, 4.69) is 94.4 Å². The summed E-state index contributed by atoms with van der Waals surface area (Å²) in [6.07, 6.45) is 0.885. The maximum absolute atomic E-state index is 11.0. The third kappa shape index (κ3) is 4.42. The zero-order valence-corrected chi connectivity index (χ0v) is 16.8. The number of hydrogen-bond donors (Lipinski definition) is 1. The average Bonchev–Trinajstić information content (AvgIpc) is 2.69. The van der Waals surface area contributed by atoms with Crippen LogP contribution >= 0.6 is 0 Å². The highest BCUT2D eigenvalue weighted by Crippen LogP contribution is 2.38. The molecule has 0 fully saturated rings. The van der Waals surface area contributed by atoms with Crippen molar-refractivity contribution in [3.63, 3.8) is 0 Å². The average molecular weight is 359 g/mol. The second-order valence-electron chi connectivity index (χ2n) is 7.98. The minimum Gasteiger partial charge on any atom is -0.507 e. The second kappa shape index (κ2) is 8.43. The maximum Gasteiger partial charge on any atom is 0.122 e. The first-order chi connectivity index (χ1) is 13.0. The molecule has 3 aromatic carbocycles. The molecule has 0 heterocycles. The van der Waals surface area contributed by atoms with Gasteiger partial charge in [0.2, 0.25) is 0 Å². The van der Waals surface area contributed by atoms with Crippen molar-refractivity contribution < 1.29 is 5.11 Å². The summed E-state index contributed by atoms with van der Waals surface area (Å²) >= 11 is 0. The van der Waals surface area contributed by atoms with Gasteiger partial charge in [-0.2, -0.15) is 0 Å². The van der Waals surface area contributed by atoms with Gasteiger partial charge < -0.3 is 5.11 Å². The van der Waals surface area contributed by atoms with Gasteiger partial charge in [-0.15, -0.1) is 0 Å². The van der Waals surface area contributed by atoms with E-state index < -0.39 is 0 Å². The van der Waals surface area contributed by atoms with Crippen molar-refractivity contribution >= 4 is 0 Å². The summed E-state index contributed by atoms with van der Waals surface area (Å²) in [5, 5.41) is 11.0. The normalized spacial score (nSPS) is 13.5. The zero-order chi connectivity index (χ0) is 19.4. The largest absolute Gasteiger partial charge is 0.507 e. The van der Waals surface area contributed by atoms with Gasteiger partial charge >= 0.3 is 0 Å². The molecule has 2 atom stereocenters. The molecular formula is C26H30O. The topological polar surface area (TPSA) is 20.2 Å². The molecule has 0 aliphatic carbocycles. The van der Waals surface area contributed by atoms with Gasteiger partial charge in [-0.05, 0) is 34.6 Å². The van der Waals surface area contributed by atoms with Gasteiger partial charge in [0.15, 0.2) is 0 Å². The smallest absolute Gasteiger partial charge is 0.122 e. The predicted octanol–water partition coefficient (Wildman–Crippen LogP) is 6.89. The summed E-state index contributed by atoms with van der Waals surface area (Å²) < 4.78 is 0. The first-order valence-corrected chi connectivity index (χ1v) is 9.93. The van der Waals surface area contributed by atoms with Crippen molar-refractivity contribution in [1.82, 2.24) is 0 Å². The van der Waals surface area contributed by atoms with E-state index in [1.54, 1.807) is 0 Å². The molecule has 27 heavy (non-hydrogen) atoms. The van der Waals surface area contributed by atoms with E-state index in [0.717, 1.165) is 17.5 Å². The lowest BCUT2D eigenvalue weighted by atomic mass is 9.84. The van der Waals surface area contributed by atoms with Gasteiger partial charge in [-0.25, -0.2) is 0 Å². The molecule has 3 rings (SSSR count). The lowest BCUT2D eigenvalue weighted by Gasteiger charge is -2.22. The fourth-order valence-corrected chi connectivity index (χ4v) is 3.78. The van der Waals surface area contributed by atoms with Crippen molar-refractivity contribution in [3.05, 3.63) is 101 Å². The van der Waals surface area contributed by atoms with Crippen LogP contribution in [-0.4, -0.2) is 5.11 Å². The molecular weight excluding hydrogens is 328 g/mol. The standard InChI is InChI=1S/C26H30O/c1-18(2)15-24-16-23(19(3)21-11-7-5-8-12-21)17-25(26(24)27)20(4)22-13-9-6-10-14-22/h5-14,16-20,27H,15H2,1-4H3. The van der Waals surface area contributed by atoms with Crippen molar-refractivity contribution in [2.24, 2.45) is 5.92 Å². The van der Waals surface area contributed by atoms with Crippen LogP contribution in [0.3, 0.4) is 0 Å². The van der Waals surface area contributed by atoms with Crippen LogP contribution in [0.1, 0.15) is 67.3 Å². The lowest BCUT2D eigenvalue weighted by Crippen LogP contribution is -2.05. The van der Waals surface area contributed by atoms with Crippen LogP contribution in [0.25, 0.3) is 0 Å². The molecule has 0 saturated heterocycles. The van der Waals surface area contributed by atoms with Crippen LogP contribution in [-0.2, 0) is 6.42 Å². The van der Waals surface area contributed by atoms with Crippen molar-refractivity contribution in [1.29, 1.82) is 0 Å². The quantitative estimate of drug-likeness (QED) is 0.508. The zero-order valence-electron chi connectivity index (χ0n) is 16.8. The van der Waals surface area contributed by atoms with Gasteiger partial charge in [0, 0.05) is 17.4 Å². The Kier molecular flexibility index (Phi) is 6.01. The number of rotatable bonds is 6. The van der Waals surface area contributed by atoms with Crippen molar-refractivity contribution in [3.8, 4) is 5.75 Å². The van der Waals surface area contributed by atoms with E-state index in [0.29, 0.717) is 17.6 Å². The molecule has 0 spiro atoms. The van der Waals surface area contributed by atoms with Crippen LogP contribution in [0.5, 0.6) is 5.75 Å². The summed E-state index contributed by atoms with van der Waals surface area (Å²) in [4.78, 5) is 0. The van der Waals surface area contributed by atoms with E-state index in [-0.39, 0.29) is 5.92 Å². The Hall–Kier alpha value is -2.54. The Labute approximate surface area is 163 Å². The summed E-state index contributed by atoms with van der Waals surface area (Å²) in [6, 6.07) is 25.4. The van der Waals surface area contributed by atoms with Crippen LogP contribution in [0.4, 0.5) is 0 Å². The van der Waals surface area contributed by atoms with E-state index >= 15 is 0 Å². The third-order valence-corrected chi connectivity index (χ3v) is 5.43. The third-order valence-electron chi connectivity index (χ3n) is 5.43. The lowest BCUT2D eigenvalue weighted by molar-refractivity contribution is 0.453. The predicted molar refractivity (Wildman–Crippen MR) is 115 cm³/mol. The molecule has 1 heteroatoms. The molecule has 0 bridgehead atoms. The van der Waals surface area contributed by atoms with Crippen LogP contribution in [0, 0.1) is 5.92 Å². The van der Waals surface area contributed by atoms with E-state index in [1.807, 2.05) is 6.07 Å². The fraction of sp³-hybridized carbons (Fsp3) is 0.308. The fourth-order valence-electron chi connectivity index (χ4n) is 3.78. The molecule has 0 aliphatic rings. The Balaban J connectivity index is 2.09. The van der Waals surface area contributed by atoms with Crippen molar-refractivity contribution in [2.45, 2.75) is 46.0 Å². The number of phenols is 1. The molecule has 3 aromatic rings. The highest BCUT2D eigenvalue weighted by Gasteiger charge is 2.20. The van der Waals surface area contributed by atoms with Gasteiger partial charge in [-0.3, -0.25) is 0 Å². The molecule has 0 aliphatic heterocycles. The second-order valence-corrected chi connectivity index (χ2v) is 7.98. The van der Waals surface area contributed by atoms with E-state index in [9.17, 15) is 5.11 Å². The van der Waals surface area contributed by atoms with Gasteiger partial charge in [-0.1, -0.05) is 100 Å². The van der Waals surface area contributed by atoms with E-state index in [4.69, 9.17) is 0 Å². The molecule has 140 valence electrons. The molecule has 0 amide bonds. The highest BCUT2D eigenvalue weighted by molar-refractivity contribution is 5.50. The minimum atomic E-state index is 0.153. The molecule has 0 radical (unpaired) electrons. The Morgan fingerprint density at radius 3 is 1.70 bits per heavy atom. The monoisotopic (exact) mass is 358 g/mol. The first kappa shape index (κ1) is 19.2. The van der Waals surface area contributed by atoms with Crippen LogP contribution < -0.4 is 0 Å². The highest BCUT2D eigenvalue weighted by atomic mass is 16.3. The maximum atomic E-state index is 11.0.